The number of hydrogen-bond acceptors (Lipinski definition) is 7. The third kappa shape index (κ3) is 5.06. The second-order valence-electron chi connectivity index (χ2n) is 6.30. The predicted octanol–water partition coefficient (Wildman–Crippen LogP) is 3.24. The average molecular weight is 399 g/mol. The highest BCUT2D eigenvalue weighted by atomic mass is 16.6. The van der Waals surface area contributed by atoms with Crippen LogP contribution in [-0.4, -0.2) is 52.6 Å². The van der Waals surface area contributed by atoms with E-state index in [1.807, 2.05) is 19.1 Å². The normalized spacial score (nSPS) is 13.9. The second-order valence-corrected chi connectivity index (χ2v) is 6.30. The number of aliphatic imine (C=N–C) groups is 1. The van der Waals surface area contributed by atoms with E-state index >= 15 is 0 Å². The maximum absolute atomic E-state index is 12.6. The Kier molecular flexibility index (Phi) is 7.08. The molecule has 0 radical (unpaired) electrons. The molecule has 7 heteroatoms. The lowest BCUT2D eigenvalue weighted by Crippen LogP contribution is -2.19. The Bertz CT molecular complexity index is 880. The molecule has 0 N–H and O–H groups in total. The van der Waals surface area contributed by atoms with Crippen LogP contribution in [0.1, 0.15) is 24.2 Å². The molecule has 0 aliphatic carbocycles. The van der Waals surface area contributed by atoms with E-state index in [1.165, 1.54) is 7.11 Å². The molecule has 7 nitrogen and oxygen atoms in total. The molecule has 0 bridgehead atoms. The van der Waals surface area contributed by atoms with Crippen LogP contribution in [0.15, 0.2) is 41.4 Å². The van der Waals surface area contributed by atoms with Crippen molar-refractivity contribution in [1.29, 1.82) is 0 Å². The molecule has 1 unspecified atom stereocenters. The summed E-state index contributed by atoms with van der Waals surface area (Å²) in [6.07, 6.45) is 0.911. The standard InChI is InChI=1S/C22H25NO6/c1-4-27-20-11-15(5-7-18(20)25-2)13-23-14-17(24)22(26-3)16-6-8-19-21(12-16)29-10-9-28-19/h5-8,11-13,22H,4,9-10,14H2,1-3H3. The SMILES string of the molecule is CCOc1cc(C=NCC(=O)C(OC)c2ccc3c(c2)OCCO3)ccc1OC. The Labute approximate surface area is 170 Å². The van der Waals surface area contributed by atoms with E-state index in [9.17, 15) is 4.79 Å². The Morgan fingerprint density at radius 2 is 1.90 bits per heavy atom. The summed E-state index contributed by atoms with van der Waals surface area (Å²) in [6, 6.07) is 10.9. The fourth-order valence-corrected chi connectivity index (χ4v) is 3.04. The smallest absolute Gasteiger partial charge is 0.187 e. The first-order valence-electron chi connectivity index (χ1n) is 9.42. The van der Waals surface area contributed by atoms with Gasteiger partial charge in [-0.05, 0) is 48.4 Å². The van der Waals surface area contributed by atoms with Crippen LogP contribution in [0, 0.1) is 0 Å². The summed E-state index contributed by atoms with van der Waals surface area (Å²) in [6.45, 7) is 3.42. The van der Waals surface area contributed by atoms with Crippen LogP contribution in [0.2, 0.25) is 0 Å². The molecule has 1 aliphatic heterocycles. The van der Waals surface area contributed by atoms with Crippen molar-refractivity contribution in [2.24, 2.45) is 4.99 Å². The highest BCUT2D eigenvalue weighted by Crippen LogP contribution is 2.33. The number of carbonyl (C=O) groups is 1. The summed E-state index contributed by atoms with van der Waals surface area (Å²) in [7, 11) is 3.09. The van der Waals surface area contributed by atoms with Gasteiger partial charge in [0.2, 0.25) is 0 Å². The van der Waals surface area contributed by atoms with E-state index in [-0.39, 0.29) is 12.3 Å². The molecule has 0 saturated heterocycles. The van der Waals surface area contributed by atoms with Gasteiger partial charge >= 0.3 is 0 Å². The molecule has 154 valence electrons. The van der Waals surface area contributed by atoms with Crippen molar-refractivity contribution in [3.63, 3.8) is 0 Å². The number of benzene rings is 2. The minimum atomic E-state index is -0.724. The first kappa shape index (κ1) is 20.7. The Hall–Kier alpha value is -3.06. The second kappa shape index (κ2) is 9.93. The number of fused-ring (bicyclic) bond motifs is 1. The third-order valence-electron chi connectivity index (χ3n) is 4.37. The van der Waals surface area contributed by atoms with E-state index in [0.29, 0.717) is 48.4 Å². The Morgan fingerprint density at radius 3 is 2.62 bits per heavy atom. The van der Waals surface area contributed by atoms with E-state index in [1.54, 1.807) is 37.6 Å². The topological polar surface area (TPSA) is 75.6 Å². The quantitative estimate of drug-likeness (QED) is 0.603. The van der Waals surface area contributed by atoms with E-state index in [2.05, 4.69) is 4.99 Å². The van der Waals surface area contributed by atoms with Crippen molar-refractivity contribution in [2.75, 3.05) is 40.6 Å². The summed E-state index contributed by atoms with van der Waals surface area (Å²) >= 11 is 0. The van der Waals surface area contributed by atoms with Crippen LogP contribution in [0.5, 0.6) is 23.0 Å². The molecule has 1 atom stereocenters. The van der Waals surface area contributed by atoms with Gasteiger partial charge in [-0.1, -0.05) is 6.07 Å². The molecule has 1 heterocycles. The third-order valence-corrected chi connectivity index (χ3v) is 4.37. The zero-order chi connectivity index (χ0) is 20.6. The molecule has 29 heavy (non-hydrogen) atoms. The van der Waals surface area contributed by atoms with Crippen LogP contribution in [-0.2, 0) is 9.53 Å². The van der Waals surface area contributed by atoms with Gasteiger partial charge in [0.25, 0.3) is 0 Å². The summed E-state index contributed by atoms with van der Waals surface area (Å²) in [5.41, 5.74) is 1.52. The molecule has 2 aromatic carbocycles. The van der Waals surface area contributed by atoms with Gasteiger partial charge in [0, 0.05) is 13.3 Å². The van der Waals surface area contributed by atoms with Crippen molar-refractivity contribution in [3.05, 3.63) is 47.5 Å². The lowest BCUT2D eigenvalue weighted by molar-refractivity contribution is -0.127. The van der Waals surface area contributed by atoms with Crippen molar-refractivity contribution in [1.82, 2.24) is 0 Å². The van der Waals surface area contributed by atoms with Gasteiger partial charge in [-0.15, -0.1) is 0 Å². The summed E-state index contributed by atoms with van der Waals surface area (Å²) in [5, 5.41) is 0. The monoisotopic (exact) mass is 399 g/mol. The van der Waals surface area contributed by atoms with Gasteiger partial charge < -0.3 is 23.7 Å². The number of ether oxygens (including phenoxy) is 5. The van der Waals surface area contributed by atoms with Gasteiger partial charge in [-0.25, -0.2) is 0 Å². The van der Waals surface area contributed by atoms with Gasteiger partial charge in [0.1, 0.15) is 25.9 Å². The van der Waals surface area contributed by atoms with Gasteiger partial charge in [-0.3, -0.25) is 9.79 Å². The molecule has 0 aromatic heterocycles. The van der Waals surface area contributed by atoms with Crippen LogP contribution in [0.3, 0.4) is 0 Å². The zero-order valence-electron chi connectivity index (χ0n) is 16.8. The molecular formula is C22H25NO6. The number of rotatable bonds is 9. The van der Waals surface area contributed by atoms with E-state index in [4.69, 9.17) is 23.7 Å². The van der Waals surface area contributed by atoms with Crippen LogP contribution in [0.25, 0.3) is 0 Å². The maximum atomic E-state index is 12.6. The van der Waals surface area contributed by atoms with Crippen molar-refractivity contribution in [3.8, 4) is 23.0 Å². The number of carbonyl (C=O) groups excluding carboxylic acids is 1. The van der Waals surface area contributed by atoms with Gasteiger partial charge in [-0.2, -0.15) is 0 Å². The highest BCUT2D eigenvalue weighted by Gasteiger charge is 2.22. The van der Waals surface area contributed by atoms with Crippen molar-refractivity contribution in [2.45, 2.75) is 13.0 Å². The summed E-state index contributed by atoms with van der Waals surface area (Å²) in [5.74, 6) is 2.42. The van der Waals surface area contributed by atoms with Gasteiger partial charge in [0.15, 0.2) is 28.8 Å². The lowest BCUT2D eigenvalue weighted by Gasteiger charge is -2.20. The molecule has 3 rings (SSSR count). The fraction of sp³-hybridized carbons (Fsp3) is 0.364. The van der Waals surface area contributed by atoms with E-state index in [0.717, 1.165) is 5.56 Å². The lowest BCUT2D eigenvalue weighted by atomic mass is 10.0. The molecule has 0 amide bonds. The van der Waals surface area contributed by atoms with Crippen LogP contribution < -0.4 is 18.9 Å². The van der Waals surface area contributed by atoms with Crippen LogP contribution >= 0.6 is 0 Å². The largest absolute Gasteiger partial charge is 0.493 e. The molecule has 2 aromatic rings. The predicted molar refractivity (Wildman–Crippen MR) is 109 cm³/mol. The zero-order valence-corrected chi connectivity index (χ0v) is 16.8. The summed E-state index contributed by atoms with van der Waals surface area (Å²) < 4.78 is 27.3. The minimum Gasteiger partial charge on any atom is -0.493 e. The number of Topliss-reactive ketones (excluding diaryl/α,β-unsaturated/α-hetero) is 1. The number of ketones is 1. The average Bonchev–Trinajstić information content (AvgIpc) is 2.74. The van der Waals surface area contributed by atoms with Crippen molar-refractivity contribution < 1.29 is 28.5 Å². The first-order valence-corrected chi connectivity index (χ1v) is 9.42. The van der Waals surface area contributed by atoms with Crippen LogP contribution in [0.4, 0.5) is 0 Å². The maximum Gasteiger partial charge on any atom is 0.187 e. The Morgan fingerprint density at radius 1 is 1.10 bits per heavy atom. The molecule has 1 aliphatic rings. The Balaban J connectivity index is 1.68. The van der Waals surface area contributed by atoms with Crippen molar-refractivity contribution >= 4 is 12.0 Å². The minimum absolute atomic E-state index is 0.0110. The summed E-state index contributed by atoms with van der Waals surface area (Å²) in [4.78, 5) is 16.9. The number of nitrogens with zero attached hydrogens (tertiary/aromatic N) is 1. The molecular weight excluding hydrogens is 374 g/mol. The van der Waals surface area contributed by atoms with Gasteiger partial charge in [0.05, 0.1) is 13.7 Å². The van der Waals surface area contributed by atoms with E-state index < -0.39 is 6.10 Å². The highest BCUT2D eigenvalue weighted by molar-refractivity contribution is 5.89. The first-order chi connectivity index (χ1) is 14.2. The molecule has 0 spiro atoms. The number of methoxy groups -OCH3 is 2. The fourth-order valence-electron chi connectivity index (χ4n) is 3.04. The molecule has 0 fully saturated rings. The molecule has 0 saturated carbocycles. The number of hydrogen-bond donors (Lipinski definition) is 0.